The van der Waals surface area contributed by atoms with Crippen molar-refractivity contribution >= 4 is 38.3 Å². The summed E-state index contributed by atoms with van der Waals surface area (Å²) in [5.74, 6) is 0.360. The topological polar surface area (TPSA) is 80.2 Å². The van der Waals surface area contributed by atoms with Gasteiger partial charge >= 0.3 is 0 Å². The maximum atomic E-state index is 13.2. The van der Waals surface area contributed by atoms with E-state index in [2.05, 4.69) is 10.2 Å². The van der Waals surface area contributed by atoms with Crippen molar-refractivity contribution in [1.82, 2.24) is 15.1 Å². The summed E-state index contributed by atoms with van der Waals surface area (Å²) >= 11 is 1.36. The number of hydrogen-bond donors (Lipinski definition) is 0. The smallest absolute Gasteiger partial charge is 0.233 e. The molecule has 0 bridgehead atoms. The number of hydrogen-bond acceptors (Lipinski definition) is 6. The van der Waals surface area contributed by atoms with Crippen LogP contribution in [0.25, 0.3) is 22.0 Å². The van der Waals surface area contributed by atoms with Crippen molar-refractivity contribution in [1.29, 1.82) is 0 Å². The van der Waals surface area contributed by atoms with Crippen LogP contribution in [0.2, 0.25) is 0 Å². The van der Waals surface area contributed by atoms with E-state index in [0.717, 1.165) is 28.5 Å². The third kappa shape index (κ3) is 4.81. The zero-order chi connectivity index (χ0) is 22.7. The molecule has 1 aliphatic rings. The maximum Gasteiger partial charge on any atom is 0.233 e. The van der Waals surface area contributed by atoms with Crippen molar-refractivity contribution in [3.05, 3.63) is 54.6 Å². The van der Waals surface area contributed by atoms with Crippen LogP contribution in [0.4, 0.5) is 0 Å². The van der Waals surface area contributed by atoms with E-state index >= 15 is 0 Å². The Morgan fingerprint density at radius 1 is 1.09 bits per heavy atom. The molecule has 4 rings (SSSR count). The van der Waals surface area contributed by atoms with E-state index in [1.165, 1.54) is 11.8 Å². The van der Waals surface area contributed by atoms with Crippen molar-refractivity contribution in [2.24, 2.45) is 0 Å². The third-order valence-electron chi connectivity index (χ3n) is 5.99. The van der Waals surface area contributed by atoms with Gasteiger partial charge in [0.25, 0.3) is 0 Å². The van der Waals surface area contributed by atoms with Crippen molar-refractivity contribution in [2.75, 3.05) is 17.3 Å². The van der Waals surface area contributed by atoms with Crippen molar-refractivity contribution in [2.45, 2.75) is 43.8 Å². The number of carbonyl (C=O) groups is 1. The summed E-state index contributed by atoms with van der Waals surface area (Å²) < 4.78 is 24.0. The largest absolute Gasteiger partial charge is 0.335 e. The summed E-state index contributed by atoms with van der Waals surface area (Å²) in [7, 11) is -3.07. The highest BCUT2D eigenvalue weighted by atomic mass is 32.2. The summed E-state index contributed by atoms with van der Waals surface area (Å²) in [5, 5.41) is 11.6. The predicted molar refractivity (Wildman–Crippen MR) is 129 cm³/mol. The molecule has 32 heavy (non-hydrogen) atoms. The lowest BCUT2D eigenvalue weighted by molar-refractivity contribution is -0.132. The molecule has 0 N–H and O–H groups in total. The Labute approximate surface area is 193 Å². The molecule has 2 atom stereocenters. The first kappa shape index (κ1) is 22.7. The highest BCUT2D eigenvalue weighted by Gasteiger charge is 2.36. The molecule has 1 aliphatic heterocycles. The summed E-state index contributed by atoms with van der Waals surface area (Å²) in [6, 6.07) is 17.6. The SMILES string of the molecule is CCC(C)N(C(=O)CSc1nnc(-c2ccccc2)c2ccccc12)C1CCS(=O)(=O)C1. The molecule has 0 saturated carbocycles. The number of aromatic nitrogens is 2. The molecule has 1 saturated heterocycles. The lowest BCUT2D eigenvalue weighted by Crippen LogP contribution is -2.47. The monoisotopic (exact) mass is 469 g/mol. The number of thioether (sulfide) groups is 1. The Morgan fingerprint density at radius 2 is 1.78 bits per heavy atom. The van der Waals surface area contributed by atoms with Gasteiger partial charge in [-0.2, -0.15) is 0 Å². The molecule has 8 heteroatoms. The minimum Gasteiger partial charge on any atom is -0.335 e. The molecule has 168 valence electrons. The Hall–Kier alpha value is -2.45. The Kier molecular flexibility index (Phi) is 6.81. The first-order chi connectivity index (χ1) is 15.4. The van der Waals surface area contributed by atoms with Gasteiger partial charge in [-0.05, 0) is 19.8 Å². The fourth-order valence-corrected chi connectivity index (χ4v) is 6.75. The quantitative estimate of drug-likeness (QED) is 0.483. The highest BCUT2D eigenvalue weighted by Crippen LogP contribution is 2.32. The van der Waals surface area contributed by atoms with Gasteiger partial charge in [-0.3, -0.25) is 4.79 Å². The van der Waals surface area contributed by atoms with Gasteiger partial charge in [-0.15, -0.1) is 10.2 Å². The van der Waals surface area contributed by atoms with E-state index < -0.39 is 9.84 Å². The van der Waals surface area contributed by atoms with Crippen molar-refractivity contribution < 1.29 is 13.2 Å². The average Bonchev–Trinajstić information content (AvgIpc) is 3.16. The van der Waals surface area contributed by atoms with Crippen LogP contribution in [0, 0.1) is 0 Å². The van der Waals surface area contributed by atoms with E-state index in [-0.39, 0.29) is 35.2 Å². The molecule has 2 heterocycles. The highest BCUT2D eigenvalue weighted by molar-refractivity contribution is 8.00. The fourth-order valence-electron chi connectivity index (χ4n) is 4.20. The minimum absolute atomic E-state index is 0.00955. The number of amides is 1. The number of carbonyl (C=O) groups excluding carboxylic acids is 1. The number of nitrogens with zero attached hydrogens (tertiary/aromatic N) is 3. The minimum atomic E-state index is -3.07. The zero-order valence-electron chi connectivity index (χ0n) is 18.3. The zero-order valence-corrected chi connectivity index (χ0v) is 19.9. The lowest BCUT2D eigenvalue weighted by Gasteiger charge is -2.33. The third-order valence-corrected chi connectivity index (χ3v) is 8.71. The molecule has 0 spiro atoms. The van der Waals surface area contributed by atoms with Crippen LogP contribution in [0.3, 0.4) is 0 Å². The molecule has 0 radical (unpaired) electrons. The summed E-state index contributed by atoms with van der Waals surface area (Å²) in [6.45, 7) is 4.00. The van der Waals surface area contributed by atoms with Crippen LogP contribution in [0.15, 0.2) is 59.6 Å². The van der Waals surface area contributed by atoms with Crippen molar-refractivity contribution in [3.63, 3.8) is 0 Å². The predicted octanol–water partition coefficient (Wildman–Crippen LogP) is 4.20. The Morgan fingerprint density at radius 3 is 2.44 bits per heavy atom. The van der Waals surface area contributed by atoms with Gasteiger partial charge in [-0.1, -0.05) is 73.3 Å². The molecule has 6 nitrogen and oxygen atoms in total. The standard InChI is InChI=1S/C24H27N3O3S2/c1-3-17(2)27(19-13-14-32(29,30)16-19)22(28)15-31-24-21-12-8-7-11-20(21)23(25-26-24)18-9-5-4-6-10-18/h4-12,17,19H,3,13-16H2,1-2H3. The fraction of sp³-hybridized carbons (Fsp3) is 0.375. The van der Waals surface area contributed by atoms with Gasteiger partial charge in [0.2, 0.25) is 5.91 Å². The molecule has 2 unspecified atom stereocenters. The molecule has 3 aromatic rings. The molecular formula is C24H27N3O3S2. The molecule has 2 aromatic carbocycles. The van der Waals surface area contributed by atoms with Crippen molar-refractivity contribution in [3.8, 4) is 11.3 Å². The van der Waals surface area contributed by atoms with E-state index in [1.54, 1.807) is 4.90 Å². The molecule has 0 aliphatic carbocycles. The van der Waals surface area contributed by atoms with Crippen LogP contribution in [0.1, 0.15) is 26.7 Å². The van der Waals surface area contributed by atoms with E-state index in [1.807, 2.05) is 68.4 Å². The van der Waals surface area contributed by atoms with Crippen LogP contribution in [0.5, 0.6) is 0 Å². The van der Waals surface area contributed by atoms with Gasteiger partial charge in [0, 0.05) is 28.4 Å². The average molecular weight is 470 g/mol. The molecular weight excluding hydrogens is 442 g/mol. The van der Waals surface area contributed by atoms with E-state index in [0.29, 0.717) is 11.4 Å². The van der Waals surface area contributed by atoms with Gasteiger partial charge in [0.05, 0.1) is 17.3 Å². The van der Waals surface area contributed by atoms with E-state index in [4.69, 9.17) is 0 Å². The summed E-state index contributed by atoms with van der Waals surface area (Å²) in [4.78, 5) is 15.0. The lowest BCUT2D eigenvalue weighted by atomic mass is 10.1. The second kappa shape index (κ2) is 9.58. The Bertz CT molecular complexity index is 1220. The van der Waals surface area contributed by atoms with Gasteiger partial charge < -0.3 is 4.90 Å². The molecule has 1 amide bonds. The van der Waals surface area contributed by atoms with E-state index in [9.17, 15) is 13.2 Å². The number of sulfone groups is 1. The van der Waals surface area contributed by atoms with Gasteiger partial charge in [-0.25, -0.2) is 8.42 Å². The first-order valence-corrected chi connectivity index (χ1v) is 13.7. The number of benzene rings is 2. The van der Waals surface area contributed by atoms with Crippen LogP contribution >= 0.6 is 11.8 Å². The second-order valence-electron chi connectivity index (χ2n) is 8.17. The number of fused-ring (bicyclic) bond motifs is 1. The second-order valence-corrected chi connectivity index (χ2v) is 11.4. The number of rotatable bonds is 7. The molecule has 1 fully saturated rings. The molecule has 1 aromatic heterocycles. The maximum absolute atomic E-state index is 13.2. The van der Waals surface area contributed by atoms with Gasteiger partial charge in [0.15, 0.2) is 9.84 Å². The van der Waals surface area contributed by atoms with Gasteiger partial charge in [0.1, 0.15) is 10.7 Å². The normalized spacial score (nSPS) is 18.5. The summed E-state index contributed by atoms with van der Waals surface area (Å²) in [5.41, 5.74) is 1.81. The first-order valence-electron chi connectivity index (χ1n) is 10.8. The van der Waals surface area contributed by atoms with Crippen LogP contribution < -0.4 is 0 Å². The van der Waals surface area contributed by atoms with Crippen LogP contribution in [-0.2, 0) is 14.6 Å². The summed E-state index contributed by atoms with van der Waals surface area (Å²) in [6.07, 6.45) is 1.29. The van der Waals surface area contributed by atoms with Crippen LogP contribution in [-0.4, -0.2) is 58.8 Å². The Balaban J connectivity index is 1.58.